The molecule has 2 aliphatic rings. The predicted octanol–water partition coefficient (Wildman–Crippen LogP) is 0.817. The van der Waals surface area contributed by atoms with Gasteiger partial charge < -0.3 is 15.3 Å². The van der Waals surface area contributed by atoms with Crippen LogP contribution in [0.15, 0.2) is 24.3 Å². The van der Waals surface area contributed by atoms with Crippen LogP contribution in [0.5, 0.6) is 0 Å². The maximum atomic E-state index is 11.3. The molecule has 1 saturated heterocycles. The van der Waals surface area contributed by atoms with Crippen LogP contribution >= 0.6 is 12.2 Å². The van der Waals surface area contributed by atoms with Gasteiger partial charge in [-0.15, -0.1) is 0 Å². The third kappa shape index (κ3) is 2.24. The van der Waals surface area contributed by atoms with E-state index in [0.717, 1.165) is 23.5 Å². The van der Waals surface area contributed by atoms with Crippen LogP contribution < -0.4 is 5.32 Å². The van der Waals surface area contributed by atoms with Crippen molar-refractivity contribution in [2.24, 2.45) is 0 Å². The highest BCUT2D eigenvalue weighted by molar-refractivity contribution is 7.80. The number of nitrogens with zero attached hydrogens (tertiary/aromatic N) is 1. The third-order valence-corrected chi connectivity index (χ3v) is 4.33. The van der Waals surface area contributed by atoms with Crippen LogP contribution in [0.3, 0.4) is 0 Å². The van der Waals surface area contributed by atoms with E-state index in [4.69, 9.17) is 12.2 Å². The Kier molecular flexibility index (Phi) is 3.24. The standard InChI is InChI=1S/C14H16N2O2S/c17-12-6-5-11(13(18)15-12)16-8-7-9-3-1-2-4-10(9)14(16)19/h1-4,11,13,18H,5-8H2,(H,15,17)/t11-,13?/m0/s1. The van der Waals surface area contributed by atoms with E-state index >= 15 is 0 Å². The number of benzene rings is 1. The molecule has 3 rings (SSSR count). The topological polar surface area (TPSA) is 52.6 Å². The number of hydrogen-bond acceptors (Lipinski definition) is 3. The quantitative estimate of drug-likeness (QED) is 0.746. The van der Waals surface area contributed by atoms with Gasteiger partial charge in [0, 0.05) is 18.5 Å². The van der Waals surface area contributed by atoms with Gasteiger partial charge >= 0.3 is 0 Å². The lowest BCUT2D eigenvalue weighted by molar-refractivity contribution is -0.129. The summed E-state index contributed by atoms with van der Waals surface area (Å²) in [7, 11) is 0. The fourth-order valence-electron chi connectivity index (χ4n) is 2.86. The molecule has 19 heavy (non-hydrogen) atoms. The van der Waals surface area contributed by atoms with Crippen LogP contribution in [0.25, 0.3) is 0 Å². The number of nitrogens with one attached hydrogen (secondary N) is 1. The van der Waals surface area contributed by atoms with Gasteiger partial charge in [-0.2, -0.15) is 0 Å². The summed E-state index contributed by atoms with van der Waals surface area (Å²) >= 11 is 5.55. The first-order chi connectivity index (χ1) is 9.16. The molecule has 0 bridgehead atoms. The second-order valence-corrected chi connectivity index (χ2v) is 5.41. The number of carbonyl (C=O) groups excluding carboxylic acids is 1. The predicted molar refractivity (Wildman–Crippen MR) is 75.7 cm³/mol. The molecule has 0 aromatic heterocycles. The maximum absolute atomic E-state index is 11.3. The smallest absolute Gasteiger partial charge is 0.222 e. The summed E-state index contributed by atoms with van der Waals surface area (Å²) in [4.78, 5) is 14.1. The Morgan fingerprint density at radius 1 is 1.32 bits per heavy atom. The Morgan fingerprint density at radius 3 is 2.89 bits per heavy atom. The first-order valence-corrected chi connectivity index (χ1v) is 6.94. The molecule has 0 saturated carbocycles. The Bertz CT molecular complexity index is 532. The Morgan fingerprint density at radius 2 is 2.11 bits per heavy atom. The molecule has 1 aromatic carbocycles. The van der Waals surface area contributed by atoms with Crippen LogP contribution in [-0.2, 0) is 11.2 Å². The summed E-state index contributed by atoms with van der Waals surface area (Å²) in [5, 5.41) is 12.6. The number of aliphatic hydroxyl groups excluding tert-OH is 1. The van der Waals surface area contributed by atoms with Crippen molar-refractivity contribution in [3.05, 3.63) is 35.4 Å². The summed E-state index contributed by atoms with van der Waals surface area (Å²) in [6, 6.07) is 8.01. The summed E-state index contributed by atoms with van der Waals surface area (Å²) in [6.07, 6.45) is 1.19. The molecule has 1 aromatic rings. The number of hydrogen-bond donors (Lipinski definition) is 2. The van der Waals surface area contributed by atoms with E-state index in [1.54, 1.807) is 0 Å². The third-order valence-electron chi connectivity index (χ3n) is 3.87. The molecular formula is C14H16N2O2S. The molecule has 0 radical (unpaired) electrons. The second-order valence-electron chi connectivity index (χ2n) is 5.02. The van der Waals surface area contributed by atoms with Crippen molar-refractivity contribution in [1.29, 1.82) is 0 Å². The number of fused-ring (bicyclic) bond motifs is 1. The lowest BCUT2D eigenvalue weighted by Gasteiger charge is -2.41. The number of thiocarbonyl (C=S) groups is 1. The van der Waals surface area contributed by atoms with E-state index in [1.807, 2.05) is 18.2 Å². The van der Waals surface area contributed by atoms with Gasteiger partial charge in [-0.05, 0) is 18.4 Å². The molecule has 2 heterocycles. The van der Waals surface area contributed by atoms with Crippen LogP contribution in [0, 0.1) is 0 Å². The van der Waals surface area contributed by atoms with Crippen molar-refractivity contribution >= 4 is 23.1 Å². The number of aliphatic hydroxyl groups is 1. The highest BCUT2D eigenvalue weighted by Crippen LogP contribution is 2.25. The van der Waals surface area contributed by atoms with Gasteiger partial charge in [-0.25, -0.2) is 0 Å². The highest BCUT2D eigenvalue weighted by atomic mass is 32.1. The summed E-state index contributed by atoms with van der Waals surface area (Å²) in [5.74, 6) is -0.0907. The molecule has 5 heteroatoms. The van der Waals surface area contributed by atoms with E-state index < -0.39 is 6.23 Å². The number of piperidine rings is 1. The molecule has 100 valence electrons. The van der Waals surface area contributed by atoms with E-state index in [9.17, 15) is 9.90 Å². The monoisotopic (exact) mass is 276 g/mol. The van der Waals surface area contributed by atoms with Crippen LogP contribution in [0.2, 0.25) is 0 Å². The molecular weight excluding hydrogens is 260 g/mol. The first kappa shape index (κ1) is 12.6. The lowest BCUT2D eigenvalue weighted by Crippen LogP contribution is -2.58. The van der Waals surface area contributed by atoms with Crippen molar-refractivity contribution < 1.29 is 9.90 Å². The average Bonchev–Trinajstić information content (AvgIpc) is 2.41. The van der Waals surface area contributed by atoms with Crippen LogP contribution in [-0.4, -0.2) is 39.7 Å². The Balaban J connectivity index is 1.84. The minimum Gasteiger partial charge on any atom is -0.372 e. The largest absolute Gasteiger partial charge is 0.372 e. The van der Waals surface area contributed by atoms with E-state index in [1.165, 1.54) is 5.56 Å². The van der Waals surface area contributed by atoms with Gasteiger partial charge in [0.05, 0.1) is 6.04 Å². The molecule has 2 N–H and O–H groups in total. The zero-order valence-corrected chi connectivity index (χ0v) is 11.3. The number of rotatable bonds is 1. The normalized spacial score (nSPS) is 26.9. The van der Waals surface area contributed by atoms with Crippen molar-refractivity contribution in [2.45, 2.75) is 31.5 Å². The summed E-state index contributed by atoms with van der Waals surface area (Å²) in [5.41, 5.74) is 2.34. The number of amides is 1. The van der Waals surface area contributed by atoms with Gasteiger partial charge in [-0.3, -0.25) is 4.79 Å². The SMILES string of the molecule is O=C1CC[C@H](N2CCc3ccccc3C2=S)C(O)N1. The van der Waals surface area contributed by atoms with Crippen molar-refractivity contribution in [3.8, 4) is 0 Å². The summed E-state index contributed by atoms with van der Waals surface area (Å²) < 4.78 is 0. The summed E-state index contributed by atoms with van der Waals surface area (Å²) in [6.45, 7) is 0.799. The van der Waals surface area contributed by atoms with E-state index in [0.29, 0.717) is 12.8 Å². The zero-order valence-electron chi connectivity index (χ0n) is 10.5. The fourth-order valence-corrected chi connectivity index (χ4v) is 3.28. The highest BCUT2D eigenvalue weighted by Gasteiger charge is 2.35. The molecule has 2 aliphatic heterocycles. The van der Waals surface area contributed by atoms with Crippen LogP contribution in [0.4, 0.5) is 0 Å². The fraction of sp³-hybridized carbons (Fsp3) is 0.429. The van der Waals surface area contributed by atoms with Gasteiger partial charge in [-0.1, -0.05) is 36.5 Å². The first-order valence-electron chi connectivity index (χ1n) is 6.53. The van der Waals surface area contributed by atoms with E-state index in [2.05, 4.69) is 16.3 Å². The second kappa shape index (κ2) is 4.90. The van der Waals surface area contributed by atoms with Gasteiger partial charge in [0.25, 0.3) is 0 Å². The molecule has 1 fully saturated rings. The minimum atomic E-state index is -0.829. The van der Waals surface area contributed by atoms with E-state index in [-0.39, 0.29) is 11.9 Å². The van der Waals surface area contributed by atoms with Gasteiger partial charge in [0.2, 0.25) is 5.91 Å². The lowest BCUT2D eigenvalue weighted by atomic mass is 9.95. The Hall–Kier alpha value is -1.46. The molecule has 2 atom stereocenters. The van der Waals surface area contributed by atoms with Gasteiger partial charge in [0.15, 0.2) is 0 Å². The minimum absolute atomic E-state index is 0.0907. The van der Waals surface area contributed by atoms with Gasteiger partial charge in [0.1, 0.15) is 11.2 Å². The molecule has 1 amide bonds. The van der Waals surface area contributed by atoms with Crippen molar-refractivity contribution in [3.63, 3.8) is 0 Å². The zero-order chi connectivity index (χ0) is 13.4. The molecule has 1 unspecified atom stereocenters. The average molecular weight is 276 g/mol. The molecule has 4 nitrogen and oxygen atoms in total. The maximum Gasteiger partial charge on any atom is 0.222 e. The molecule has 0 aliphatic carbocycles. The number of carbonyl (C=O) groups is 1. The van der Waals surface area contributed by atoms with Crippen LogP contribution in [0.1, 0.15) is 24.0 Å². The Labute approximate surface area is 117 Å². The van der Waals surface area contributed by atoms with Crippen molar-refractivity contribution in [1.82, 2.24) is 10.2 Å². The molecule has 0 spiro atoms. The van der Waals surface area contributed by atoms with Crippen molar-refractivity contribution in [2.75, 3.05) is 6.54 Å².